The van der Waals surface area contributed by atoms with Gasteiger partial charge in [-0.1, -0.05) is 0 Å². The maximum Gasteiger partial charge on any atom is 0.125 e. The molecule has 0 aromatic carbocycles. The first-order valence-electron chi connectivity index (χ1n) is 5.45. The molecule has 0 saturated heterocycles. The van der Waals surface area contributed by atoms with Crippen molar-refractivity contribution in [3.63, 3.8) is 0 Å². The Labute approximate surface area is 94.9 Å². The maximum absolute atomic E-state index is 6.12. The van der Waals surface area contributed by atoms with E-state index in [0.717, 1.165) is 18.2 Å². The summed E-state index contributed by atoms with van der Waals surface area (Å²) in [5.41, 5.74) is 6.12. The lowest BCUT2D eigenvalue weighted by Gasteiger charge is -2.12. The van der Waals surface area contributed by atoms with Crippen molar-refractivity contribution in [1.82, 2.24) is 19.1 Å². The molecule has 2 heterocycles. The molecule has 0 aliphatic carbocycles. The number of nitrogens with zero attached hydrogens (tertiary/aromatic N) is 4. The molecule has 0 bridgehead atoms. The summed E-state index contributed by atoms with van der Waals surface area (Å²) in [7, 11) is 1.95. The van der Waals surface area contributed by atoms with E-state index < -0.39 is 0 Å². The second-order valence-electron chi connectivity index (χ2n) is 3.84. The van der Waals surface area contributed by atoms with Crippen LogP contribution >= 0.6 is 0 Å². The molecule has 2 rings (SSSR count). The van der Waals surface area contributed by atoms with Gasteiger partial charge in [0.1, 0.15) is 11.6 Å². The van der Waals surface area contributed by atoms with Crippen molar-refractivity contribution < 1.29 is 0 Å². The van der Waals surface area contributed by atoms with Gasteiger partial charge in [-0.2, -0.15) is 0 Å². The van der Waals surface area contributed by atoms with E-state index in [1.807, 2.05) is 30.2 Å². The average Bonchev–Trinajstić information content (AvgIpc) is 2.86. The first-order valence-corrected chi connectivity index (χ1v) is 5.45. The SMILES string of the molecule is CCn1ccnc1CC(N)c1nccn1C. The topological polar surface area (TPSA) is 61.7 Å². The zero-order valence-corrected chi connectivity index (χ0v) is 9.67. The number of hydrogen-bond acceptors (Lipinski definition) is 3. The number of imidazole rings is 2. The summed E-state index contributed by atoms with van der Waals surface area (Å²) in [5, 5.41) is 0. The predicted molar refractivity (Wildman–Crippen MR) is 61.7 cm³/mol. The summed E-state index contributed by atoms with van der Waals surface area (Å²) in [6, 6.07) is -0.104. The fraction of sp³-hybridized carbons (Fsp3) is 0.455. The average molecular weight is 219 g/mol. The van der Waals surface area contributed by atoms with Crippen molar-refractivity contribution in [2.75, 3.05) is 0 Å². The van der Waals surface area contributed by atoms with E-state index in [-0.39, 0.29) is 6.04 Å². The summed E-state index contributed by atoms with van der Waals surface area (Å²) in [6.45, 7) is 3.01. The fourth-order valence-corrected chi connectivity index (χ4v) is 1.84. The lowest BCUT2D eigenvalue weighted by atomic mass is 10.2. The Morgan fingerprint density at radius 1 is 1.31 bits per heavy atom. The molecule has 0 aliphatic heterocycles. The smallest absolute Gasteiger partial charge is 0.125 e. The molecule has 2 aromatic rings. The van der Waals surface area contributed by atoms with E-state index in [1.165, 1.54) is 0 Å². The molecule has 0 amide bonds. The minimum Gasteiger partial charge on any atom is -0.337 e. The Kier molecular flexibility index (Phi) is 3.05. The molecular weight excluding hydrogens is 202 g/mol. The van der Waals surface area contributed by atoms with Gasteiger partial charge in [-0.05, 0) is 6.92 Å². The lowest BCUT2D eigenvalue weighted by Crippen LogP contribution is -2.19. The van der Waals surface area contributed by atoms with E-state index in [9.17, 15) is 0 Å². The highest BCUT2D eigenvalue weighted by Gasteiger charge is 2.14. The quantitative estimate of drug-likeness (QED) is 0.830. The molecule has 5 heteroatoms. The van der Waals surface area contributed by atoms with Gasteiger partial charge in [-0.25, -0.2) is 9.97 Å². The predicted octanol–water partition coefficient (Wildman–Crippen LogP) is 0.879. The number of aryl methyl sites for hydroxylation is 2. The molecule has 16 heavy (non-hydrogen) atoms. The number of nitrogens with two attached hydrogens (primary N) is 1. The van der Waals surface area contributed by atoms with Crippen molar-refractivity contribution in [3.05, 3.63) is 36.4 Å². The highest BCUT2D eigenvalue weighted by atomic mass is 15.1. The molecule has 2 aromatic heterocycles. The second kappa shape index (κ2) is 4.49. The van der Waals surface area contributed by atoms with E-state index >= 15 is 0 Å². The molecule has 1 unspecified atom stereocenters. The van der Waals surface area contributed by atoms with Gasteiger partial charge < -0.3 is 14.9 Å². The van der Waals surface area contributed by atoms with Crippen molar-refractivity contribution in [1.29, 1.82) is 0 Å². The number of rotatable bonds is 4. The normalized spacial score (nSPS) is 12.9. The van der Waals surface area contributed by atoms with E-state index in [1.54, 1.807) is 6.20 Å². The first kappa shape index (κ1) is 10.9. The highest BCUT2D eigenvalue weighted by molar-refractivity contribution is 5.03. The second-order valence-corrected chi connectivity index (χ2v) is 3.84. The van der Waals surface area contributed by atoms with Gasteiger partial charge in [0, 0.05) is 44.8 Å². The van der Waals surface area contributed by atoms with Crippen LogP contribution in [0.3, 0.4) is 0 Å². The van der Waals surface area contributed by atoms with Crippen LogP contribution in [0.2, 0.25) is 0 Å². The molecule has 0 fully saturated rings. The van der Waals surface area contributed by atoms with Crippen LogP contribution in [0, 0.1) is 0 Å². The molecular formula is C11H17N5. The summed E-state index contributed by atoms with van der Waals surface area (Å²) in [6.07, 6.45) is 8.17. The van der Waals surface area contributed by atoms with Gasteiger partial charge in [-0.3, -0.25) is 0 Å². The minimum atomic E-state index is -0.104. The third-order valence-electron chi connectivity index (χ3n) is 2.73. The zero-order chi connectivity index (χ0) is 11.5. The largest absolute Gasteiger partial charge is 0.337 e. The van der Waals surface area contributed by atoms with Crippen LogP contribution in [0.1, 0.15) is 24.6 Å². The Hall–Kier alpha value is -1.62. The molecule has 0 radical (unpaired) electrons. The Balaban J connectivity index is 2.13. The van der Waals surface area contributed by atoms with Crippen LogP contribution in [0.5, 0.6) is 0 Å². The third kappa shape index (κ3) is 1.99. The monoisotopic (exact) mass is 219 g/mol. The summed E-state index contributed by atoms with van der Waals surface area (Å²) >= 11 is 0. The molecule has 1 atom stereocenters. The van der Waals surface area contributed by atoms with Gasteiger partial charge in [0.05, 0.1) is 6.04 Å². The Morgan fingerprint density at radius 3 is 2.69 bits per heavy atom. The van der Waals surface area contributed by atoms with Gasteiger partial charge in [-0.15, -0.1) is 0 Å². The zero-order valence-electron chi connectivity index (χ0n) is 9.67. The lowest BCUT2D eigenvalue weighted by molar-refractivity contribution is 0.585. The van der Waals surface area contributed by atoms with Crippen molar-refractivity contribution in [2.45, 2.75) is 25.9 Å². The summed E-state index contributed by atoms with van der Waals surface area (Å²) in [4.78, 5) is 8.57. The van der Waals surface area contributed by atoms with Crippen LogP contribution in [0.4, 0.5) is 0 Å². The van der Waals surface area contributed by atoms with Crippen LogP contribution in [-0.4, -0.2) is 19.1 Å². The van der Waals surface area contributed by atoms with E-state index in [2.05, 4.69) is 21.5 Å². The maximum atomic E-state index is 6.12. The Bertz CT molecular complexity index is 456. The van der Waals surface area contributed by atoms with Crippen molar-refractivity contribution in [3.8, 4) is 0 Å². The van der Waals surface area contributed by atoms with Gasteiger partial charge >= 0.3 is 0 Å². The number of aromatic nitrogens is 4. The third-order valence-corrected chi connectivity index (χ3v) is 2.73. The molecule has 0 aliphatic rings. The fourth-order valence-electron chi connectivity index (χ4n) is 1.84. The molecule has 2 N–H and O–H groups in total. The Morgan fingerprint density at radius 2 is 2.06 bits per heavy atom. The molecule has 0 saturated carbocycles. The van der Waals surface area contributed by atoms with Crippen LogP contribution in [0.15, 0.2) is 24.8 Å². The van der Waals surface area contributed by atoms with Crippen LogP contribution < -0.4 is 5.73 Å². The molecule has 86 valence electrons. The molecule has 0 spiro atoms. The van der Waals surface area contributed by atoms with E-state index in [4.69, 9.17) is 5.73 Å². The standard InChI is InChI=1S/C11H17N5/c1-3-16-7-5-13-10(16)8-9(12)11-14-4-6-15(11)2/h4-7,9H,3,8,12H2,1-2H3. The first-order chi connectivity index (χ1) is 7.72. The van der Waals surface area contributed by atoms with Gasteiger partial charge in [0.2, 0.25) is 0 Å². The van der Waals surface area contributed by atoms with Gasteiger partial charge in [0.15, 0.2) is 0 Å². The molecule has 5 nitrogen and oxygen atoms in total. The minimum absolute atomic E-state index is 0.104. The summed E-state index contributed by atoms with van der Waals surface area (Å²) < 4.78 is 4.05. The van der Waals surface area contributed by atoms with Crippen LogP contribution in [0.25, 0.3) is 0 Å². The highest BCUT2D eigenvalue weighted by Crippen LogP contribution is 2.12. The van der Waals surface area contributed by atoms with Crippen LogP contribution in [-0.2, 0) is 20.0 Å². The van der Waals surface area contributed by atoms with Gasteiger partial charge in [0.25, 0.3) is 0 Å². The van der Waals surface area contributed by atoms with Crippen molar-refractivity contribution in [2.24, 2.45) is 12.8 Å². The summed E-state index contributed by atoms with van der Waals surface area (Å²) in [5.74, 6) is 1.91. The van der Waals surface area contributed by atoms with Crippen molar-refractivity contribution >= 4 is 0 Å². The van der Waals surface area contributed by atoms with E-state index in [0.29, 0.717) is 6.42 Å². The number of hydrogen-bond donors (Lipinski definition) is 1.